The number of rotatable bonds is 5. The lowest BCUT2D eigenvalue weighted by molar-refractivity contribution is -0.384. The first-order chi connectivity index (χ1) is 20.5. The molecule has 1 unspecified atom stereocenters. The summed E-state index contributed by atoms with van der Waals surface area (Å²) >= 11 is 5.13. The fourth-order valence-corrected chi connectivity index (χ4v) is 6.90. The molecular weight excluding hydrogens is 610 g/mol. The van der Waals surface area contributed by atoms with Gasteiger partial charge in [-0.05, 0) is 60.3 Å². The minimum atomic E-state index is -0.935. The van der Waals surface area contributed by atoms with E-state index < -0.39 is 9.92 Å². The third kappa shape index (κ3) is 4.38. The number of para-hydroxylation sites is 2. The van der Waals surface area contributed by atoms with Gasteiger partial charge in [-0.15, -0.1) is 0 Å². The molecule has 0 radical (unpaired) electrons. The van der Waals surface area contributed by atoms with Crippen LogP contribution in [0.15, 0.2) is 148 Å². The number of anilines is 2. The molecule has 7 nitrogen and oxygen atoms in total. The molecule has 0 fully saturated rings. The first-order valence-corrected chi connectivity index (χ1v) is 14.8. The second-order valence-electron chi connectivity index (χ2n) is 9.72. The predicted molar refractivity (Wildman–Crippen MR) is 173 cm³/mol. The Morgan fingerprint density at radius 1 is 0.667 bits per heavy atom. The van der Waals surface area contributed by atoms with Gasteiger partial charge in [-0.2, -0.15) is 10.2 Å². The summed E-state index contributed by atoms with van der Waals surface area (Å²) in [5.41, 5.74) is 6.48. The minimum absolute atomic E-state index is 0.0367. The van der Waals surface area contributed by atoms with Crippen molar-refractivity contribution in [3.8, 4) is 0 Å². The average molecular weight is 633 g/mol. The number of non-ortho nitro benzene ring substituents is 1. The zero-order chi connectivity index (χ0) is 28.7. The average Bonchev–Trinajstić information content (AvgIpc) is 3.44. The van der Waals surface area contributed by atoms with Crippen LogP contribution in [0.4, 0.5) is 17.1 Å². The van der Waals surface area contributed by atoms with Crippen LogP contribution in [0.2, 0.25) is 0 Å². The number of nitrogens with zero attached hydrogens (tertiary/aromatic N) is 5. The van der Waals surface area contributed by atoms with Crippen LogP contribution in [0.1, 0.15) is 22.3 Å². The van der Waals surface area contributed by atoms with Gasteiger partial charge in [-0.25, -0.2) is 10.0 Å². The maximum atomic E-state index is 11.4. The Morgan fingerprint density at radius 3 is 1.83 bits per heavy atom. The molecule has 0 saturated carbocycles. The van der Waals surface area contributed by atoms with Gasteiger partial charge in [0, 0.05) is 38.9 Å². The van der Waals surface area contributed by atoms with E-state index in [-0.39, 0.29) is 5.69 Å². The molecular formula is C33H22BrN5O2S. The van der Waals surface area contributed by atoms with Gasteiger partial charge in [-0.1, -0.05) is 88.7 Å². The van der Waals surface area contributed by atoms with Crippen molar-refractivity contribution in [2.75, 3.05) is 10.0 Å². The highest BCUT2D eigenvalue weighted by Gasteiger charge is 2.55. The Bertz CT molecular complexity index is 1850. The molecule has 0 N–H and O–H groups in total. The van der Waals surface area contributed by atoms with Gasteiger partial charge >= 0.3 is 0 Å². The molecule has 0 saturated heterocycles. The van der Waals surface area contributed by atoms with Crippen molar-refractivity contribution in [2.45, 2.75) is 4.99 Å². The Balaban J connectivity index is 1.48. The Kier molecular flexibility index (Phi) is 6.60. The fourth-order valence-electron chi connectivity index (χ4n) is 5.24. The normalized spacial score (nSPS) is 17.5. The van der Waals surface area contributed by atoms with Crippen molar-refractivity contribution in [2.24, 2.45) is 10.2 Å². The van der Waals surface area contributed by atoms with Gasteiger partial charge in [0.25, 0.3) is 5.69 Å². The molecule has 2 aliphatic rings. The van der Waals surface area contributed by atoms with Gasteiger partial charge in [0.15, 0.2) is 0 Å². The van der Waals surface area contributed by atoms with Crippen LogP contribution in [0.5, 0.6) is 0 Å². The van der Waals surface area contributed by atoms with E-state index in [4.69, 9.17) is 10.2 Å². The lowest BCUT2D eigenvalue weighted by Crippen LogP contribution is -2.54. The predicted octanol–water partition coefficient (Wildman–Crippen LogP) is 8.36. The van der Waals surface area contributed by atoms with Crippen molar-refractivity contribution in [3.05, 3.63) is 170 Å². The second kappa shape index (κ2) is 10.6. The molecule has 0 aromatic heterocycles. The third-order valence-corrected chi connectivity index (χ3v) is 9.07. The van der Waals surface area contributed by atoms with Crippen LogP contribution in [0.25, 0.3) is 0 Å². The van der Waals surface area contributed by atoms with Crippen molar-refractivity contribution in [1.82, 2.24) is 0 Å². The SMILES string of the molecule is O=[N+]([O-])c1ccc(C2=NN(c3ccccc3)C3(S2)c2ccccc2C(c2ccc(Br)cc2)=NN3c2ccccc2)cc1. The van der Waals surface area contributed by atoms with E-state index in [9.17, 15) is 10.1 Å². The summed E-state index contributed by atoms with van der Waals surface area (Å²) in [6.45, 7) is 0. The minimum Gasteiger partial charge on any atom is -0.258 e. The molecule has 1 spiro atoms. The number of halogens is 1. The standard InChI is InChI=1S/C33H22BrN5O2S/c34-25-19-15-23(16-20-25)31-29-13-7-8-14-30(29)33(37(35-31)26-9-3-1-4-10-26)38(27-11-5-2-6-12-27)36-32(42-33)24-17-21-28(22-18-24)39(40)41/h1-22H. The zero-order valence-electron chi connectivity index (χ0n) is 22.0. The number of nitro groups is 1. The van der Waals surface area contributed by atoms with Crippen LogP contribution < -0.4 is 10.0 Å². The van der Waals surface area contributed by atoms with Gasteiger partial charge in [0.05, 0.1) is 22.0 Å². The van der Waals surface area contributed by atoms with E-state index in [1.807, 2.05) is 94.9 Å². The van der Waals surface area contributed by atoms with Gasteiger partial charge in [-0.3, -0.25) is 10.1 Å². The molecule has 1 atom stereocenters. The molecule has 2 heterocycles. The van der Waals surface area contributed by atoms with Gasteiger partial charge in [0.2, 0.25) is 4.99 Å². The molecule has 5 aromatic carbocycles. The molecule has 204 valence electrons. The van der Waals surface area contributed by atoms with E-state index in [2.05, 4.69) is 40.2 Å². The molecule has 0 aliphatic carbocycles. The van der Waals surface area contributed by atoms with Crippen molar-refractivity contribution >= 4 is 55.5 Å². The van der Waals surface area contributed by atoms with E-state index >= 15 is 0 Å². The molecule has 9 heteroatoms. The summed E-state index contributed by atoms with van der Waals surface area (Å²) in [7, 11) is 0. The third-order valence-electron chi connectivity index (χ3n) is 7.18. The number of hydrazone groups is 2. The van der Waals surface area contributed by atoms with E-state index in [1.165, 1.54) is 12.1 Å². The van der Waals surface area contributed by atoms with Crippen LogP contribution in [0, 0.1) is 10.1 Å². The molecule has 2 aliphatic heterocycles. The highest BCUT2D eigenvalue weighted by molar-refractivity contribution is 9.10. The van der Waals surface area contributed by atoms with Crippen LogP contribution in [-0.2, 0) is 4.99 Å². The van der Waals surface area contributed by atoms with Crippen molar-refractivity contribution in [3.63, 3.8) is 0 Å². The van der Waals surface area contributed by atoms with Crippen LogP contribution >= 0.6 is 27.7 Å². The van der Waals surface area contributed by atoms with Crippen LogP contribution in [-0.4, -0.2) is 15.7 Å². The van der Waals surface area contributed by atoms with E-state index in [1.54, 1.807) is 23.9 Å². The number of hydrogen-bond donors (Lipinski definition) is 0. The smallest absolute Gasteiger partial charge is 0.258 e. The number of nitro benzene ring substituents is 1. The Labute approximate surface area is 255 Å². The molecule has 0 bridgehead atoms. The summed E-state index contributed by atoms with van der Waals surface area (Å²) in [5.74, 6) is 0. The number of hydrogen-bond acceptors (Lipinski definition) is 7. The first-order valence-electron chi connectivity index (χ1n) is 13.2. The monoisotopic (exact) mass is 631 g/mol. The molecule has 7 rings (SSSR count). The first kappa shape index (κ1) is 26.2. The van der Waals surface area contributed by atoms with Crippen molar-refractivity contribution in [1.29, 1.82) is 0 Å². The summed E-state index contributed by atoms with van der Waals surface area (Å²) in [6.07, 6.45) is 0. The molecule has 0 amide bonds. The number of thioether (sulfide) groups is 1. The summed E-state index contributed by atoms with van der Waals surface area (Å²) in [6, 6.07) is 43.2. The lowest BCUT2D eigenvalue weighted by atomic mass is 9.93. The Hall–Kier alpha value is -4.73. The fraction of sp³-hybridized carbons (Fsp3) is 0.0303. The zero-order valence-corrected chi connectivity index (χ0v) is 24.4. The van der Waals surface area contributed by atoms with E-state index in [0.717, 1.165) is 48.9 Å². The summed E-state index contributed by atoms with van der Waals surface area (Å²) < 4.78 is 0.995. The van der Waals surface area contributed by atoms with Crippen molar-refractivity contribution < 1.29 is 4.92 Å². The highest BCUT2D eigenvalue weighted by atomic mass is 79.9. The second-order valence-corrected chi connectivity index (χ2v) is 11.8. The molecule has 42 heavy (non-hydrogen) atoms. The number of benzene rings is 5. The maximum absolute atomic E-state index is 11.4. The quantitative estimate of drug-likeness (QED) is 0.144. The van der Waals surface area contributed by atoms with E-state index in [0.29, 0.717) is 0 Å². The maximum Gasteiger partial charge on any atom is 0.269 e. The topological polar surface area (TPSA) is 74.3 Å². The van der Waals surface area contributed by atoms with Crippen LogP contribution in [0.3, 0.4) is 0 Å². The Morgan fingerprint density at radius 2 is 1.21 bits per heavy atom. The van der Waals surface area contributed by atoms with Gasteiger partial charge in [0.1, 0.15) is 5.04 Å². The van der Waals surface area contributed by atoms with Gasteiger partial charge < -0.3 is 0 Å². The summed E-state index contributed by atoms with van der Waals surface area (Å²) in [5, 5.41) is 26.7. The highest BCUT2D eigenvalue weighted by Crippen LogP contribution is 2.55. The largest absolute Gasteiger partial charge is 0.269 e. The molecule has 5 aromatic rings. The number of fused-ring (bicyclic) bond motifs is 2. The lowest BCUT2D eigenvalue weighted by Gasteiger charge is -2.47. The summed E-state index contributed by atoms with van der Waals surface area (Å²) in [4.78, 5) is 10.0.